The van der Waals surface area contributed by atoms with E-state index in [1.165, 1.54) is 0 Å². The van der Waals surface area contributed by atoms with Crippen molar-refractivity contribution in [2.45, 2.75) is 0 Å². The Bertz CT molecular complexity index is 1650. The number of likely N-dealkylation sites (N-methyl/N-ethyl adjacent to an activating group) is 4. The number of hydrogen-bond donors (Lipinski definition) is 0. The number of benzene rings is 4. The molecular formula is C45H65N4O4+3. The lowest BCUT2D eigenvalue weighted by Crippen LogP contribution is -2.38. The molecule has 0 bridgehead atoms. The number of quaternary nitrogens is 3. The van der Waals surface area contributed by atoms with E-state index in [0.717, 1.165) is 96.0 Å². The quantitative estimate of drug-likeness (QED) is 0.0734. The molecule has 8 nitrogen and oxygen atoms in total. The van der Waals surface area contributed by atoms with Gasteiger partial charge in [0.2, 0.25) is 0 Å². The maximum absolute atomic E-state index is 6.17. The van der Waals surface area contributed by atoms with Crippen molar-refractivity contribution in [2.75, 3.05) is 130 Å². The van der Waals surface area contributed by atoms with E-state index in [0.29, 0.717) is 26.4 Å². The molecule has 0 aromatic heterocycles. The van der Waals surface area contributed by atoms with Gasteiger partial charge >= 0.3 is 0 Å². The van der Waals surface area contributed by atoms with E-state index in [9.17, 15) is 0 Å². The number of rotatable bonds is 20. The first kappa shape index (κ1) is 41.4. The first-order valence-electron chi connectivity index (χ1n) is 18.7. The topological polar surface area (TPSA) is 40.2 Å². The highest BCUT2D eigenvalue weighted by Gasteiger charge is 2.18. The SMILES string of the molecule is CN(C)CCOc1ccc(C(=C(c2ccc(OCC[N+](C)(C)C)cc2)c2ccc(OCC[N+](C)(C)C)cc2)c2ccc(OCC[N+](C)(C)C)cc2)cc1. The monoisotopic (exact) mass is 725 g/mol. The van der Waals surface area contributed by atoms with Gasteiger partial charge in [0.15, 0.2) is 0 Å². The molecule has 0 aliphatic rings. The molecular weight excluding hydrogens is 661 g/mol. The number of ether oxygens (including phenoxy) is 4. The molecule has 0 spiro atoms. The average molecular weight is 726 g/mol. The zero-order chi connectivity index (χ0) is 38.6. The number of hydrogen-bond acceptors (Lipinski definition) is 5. The molecule has 53 heavy (non-hydrogen) atoms. The number of nitrogens with zero attached hydrogens (tertiary/aromatic N) is 4. The largest absolute Gasteiger partial charge is 0.492 e. The van der Waals surface area contributed by atoms with Crippen molar-refractivity contribution in [1.82, 2.24) is 4.90 Å². The zero-order valence-electron chi connectivity index (χ0n) is 34.3. The van der Waals surface area contributed by atoms with E-state index < -0.39 is 0 Å². The van der Waals surface area contributed by atoms with Crippen LogP contribution in [0, 0.1) is 0 Å². The fourth-order valence-corrected chi connectivity index (χ4v) is 5.44. The summed E-state index contributed by atoms with van der Waals surface area (Å²) in [6.07, 6.45) is 0. The Morgan fingerprint density at radius 3 is 0.811 bits per heavy atom. The summed E-state index contributed by atoms with van der Waals surface area (Å²) >= 11 is 0. The Balaban J connectivity index is 1.80. The van der Waals surface area contributed by atoms with Crippen LogP contribution in [0.25, 0.3) is 11.1 Å². The molecule has 0 unspecified atom stereocenters. The van der Waals surface area contributed by atoms with Crippen molar-refractivity contribution in [3.63, 3.8) is 0 Å². The van der Waals surface area contributed by atoms with Crippen LogP contribution in [0.15, 0.2) is 97.1 Å². The summed E-state index contributed by atoms with van der Waals surface area (Å²) in [7, 11) is 23.7. The van der Waals surface area contributed by atoms with Crippen LogP contribution < -0.4 is 18.9 Å². The lowest BCUT2D eigenvalue weighted by atomic mass is 9.85. The maximum Gasteiger partial charge on any atom is 0.137 e. The third kappa shape index (κ3) is 14.5. The highest BCUT2D eigenvalue weighted by Crippen LogP contribution is 2.39. The second kappa shape index (κ2) is 18.6. The van der Waals surface area contributed by atoms with Gasteiger partial charge in [0, 0.05) is 6.54 Å². The van der Waals surface area contributed by atoms with E-state index >= 15 is 0 Å². The lowest BCUT2D eigenvalue weighted by molar-refractivity contribution is -0.870. The van der Waals surface area contributed by atoms with Crippen molar-refractivity contribution in [1.29, 1.82) is 0 Å². The summed E-state index contributed by atoms with van der Waals surface area (Å²) < 4.78 is 27.2. The van der Waals surface area contributed by atoms with Gasteiger partial charge < -0.3 is 37.3 Å². The molecule has 0 saturated heterocycles. The fourth-order valence-electron chi connectivity index (χ4n) is 5.44. The summed E-state index contributed by atoms with van der Waals surface area (Å²) in [5, 5.41) is 0. The maximum atomic E-state index is 6.17. The van der Waals surface area contributed by atoms with Crippen molar-refractivity contribution in [2.24, 2.45) is 0 Å². The van der Waals surface area contributed by atoms with Crippen molar-refractivity contribution < 1.29 is 32.4 Å². The van der Waals surface area contributed by atoms with Gasteiger partial charge in [-0.05, 0) is 96.0 Å². The van der Waals surface area contributed by atoms with E-state index in [-0.39, 0.29) is 0 Å². The van der Waals surface area contributed by atoms with Crippen molar-refractivity contribution in [3.05, 3.63) is 119 Å². The minimum Gasteiger partial charge on any atom is -0.492 e. The van der Waals surface area contributed by atoms with Gasteiger partial charge in [0.05, 0.1) is 63.4 Å². The van der Waals surface area contributed by atoms with Gasteiger partial charge in [-0.2, -0.15) is 0 Å². The normalized spacial score (nSPS) is 12.1. The molecule has 0 amide bonds. The smallest absolute Gasteiger partial charge is 0.137 e. The molecule has 0 N–H and O–H groups in total. The highest BCUT2D eigenvalue weighted by molar-refractivity contribution is 6.04. The van der Waals surface area contributed by atoms with Gasteiger partial charge in [0.1, 0.15) is 69.1 Å². The van der Waals surface area contributed by atoms with Crippen LogP contribution in [-0.4, -0.2) is 148 Å². The fraction of sp³-hybridized carbons (Fsp3) is 0.422. The predicted octanol–water partition coefficient (Wildman–Crippen LogP) is 6.89. The van der Waals surface area contributed by atoms with Gasteiger partial charge in [0.25, 0.3) is 0 Å². The molecule has 4 aromatic rings. The summed E-state index contributed by atoms with van der Waals surface area (Å²) in [5.41, 5.74) is 6.58. The molecule has 0 saturated carbocycles. The van der Waals surface area contributed by atoms with Gasteiger partial charge in [-0.3, -0.25) is 0 Å². The van der Waals surface area contributed by atoms with Gasteiger partial charge in [-0.15, -0.1) is 0 Å². The zero-order valence-corrected chi connectivity index (χ0v) is 34.3. The average Bonchev–Trinajstić information content (AvgIpc) is 3.07. The van der Waals surface area contributed by atoms with Crippen LogP contribution in [0.1, 0.15) is 22.3 Å². The molecule has 0 radical (unpaired) electrons. The Morgan fingerprint density at radius 2 is 0.604 bits per heavy atom. The minimum absolute atomic E-state index is 0.627. The van der Waals surface area contributed by atoms with E-state index in [4.69, 9.17) is 18.9 Å². The molecule has 4 rings (SSSR count). The van der Waals surface area contributed by atoms with Crippen molar-refractivity contribution >= 4 is 11.1 Å². The summed E-state index contributed by atoms with van der Waals surface area (Å²) in [4.78, 5) is 2.12. The summed E-state index contributed by atoms with van der Waals surface area (Å²) in [5.74, 6) is 3.43. The highest BCUT2D eigenvalue weighted by atomic mass is 16.5. The summed E-state index contributed by atoms with van der Waals surface area (Å²) in [6.45, 7) is 6.19. The molecule has 0 heterocycles. The van der Waals surface area contributed by atoms with E-state index in [1.807, 2.05) is 0 Å². The lowest BCUT2D eigenvalue weighted by Gasteiger charge is -2.24. The molecule has 0 fully saturated rings. The van der Waals surface area contributed by atoms with Crippen LogP contribution in [-0.2, 0) is 0 Å². The third-order valence-corrected chi connectivity index (χ3v) is 8.72. The Hall–Kier alpha value is -4.34. The van der Waals surface area contributed by atoms with Crippen LogP contribution in [0.5, 0.6) is 23.0 Å². The molecule has 286 valence electrons. The molecule has 4 aromatic carbocycles. The molecule has 0 aliphatic heterocycles. The standard InChI is InChI=1S/C45H65N4O4/c1-46(2)28-32-50-40-20-12-36(13-21-40)44(37-14-22-41(23-15-37)51-33-29-47(3,4)5)45(38-16-24-42(25-17-38)52-34-30-48(6,7)8)39-18-26-43(27-19-39)53-35-31-49(9,10)11/h12-27H,28-35H2,1-11H3/q+3. The second-order valence-corrected chi connectivity index (χ2v) is 17.1. The third-order valence-electron chi connectivity index (χ3n) is 8.72. The van der Waals surface area contributed by atoms with E-state index in [2.05, 4.69) is 179 Å². The Labute approximate surface area is 320 Å². The van der Waals surface area contributed by atoms with Crippen LogP contribution in [0.4, 0.5) is 0 Å². The van der Waals surface area contributed by atoms with Crippen LogP contribution in [0.2, 0.25) is 0 Å². The van der Waals surface area contributed by atoms with Crippen LogP contribution in [0.3, 0.4) is 0 Å². The first-order chi connectivity index (χ1) is 25.0. The predicted molar refractivity (Wildman–Crippen MR) is 220 cm³/mol. The second-order valence-electron chi connectivity index (χ2n) is 17.1. The molecule has 0 atom stereocenters. The Kier molecular flexibility index (Phi) is 14.5. The van der Waals surface area contributed by atoms with Gasteiger partial charge in [-0.25, -0.2) is 0 Å². The van der Waals surface area contributed by atoms with Crippen molar-refractivity contribution in [3.8, 4) is 23.0 Å². The van der Waals surface area contributed by atoms with Gasteiger partial charge in [-0.1, -0.05) is 48.5 Å². The Morgan fingerprint density at radius 1 is 0.377 bits per heavy atom. The minimum atomic E-state index is 0.627. The van der Waals surface area contributed by atoms with Crippen LogP contribution >= 0.6 is 0 Å². The molecule has 0 aliphatic carbocycles. The summed E-state index contributed by atoms with van der Waals surface area (Å²) in [6, 6.07) is 34.0. The molecule has 8 heteroatoms. The van der Waals surface area contributed by atoms with E-state index in [1.54, 1.807) is 0 Å². The first-order valence-corrected chi connectivity index (χ1v) is 18.7.